The summed E-state index contributed by atoms with van der Waals surface area (Å²) in [5.41, 5.74) is 0. The Kier molecular flexibility index (Phi) is 3.95. The summed E-state index contributed by atoms with van der Waals surface area (Å²) in [5, 5.41) is 0. The zero-order valence-electron chi connectivity index (χ0n) is 7.25. The van der Waals surface area contributed by atoms with Crippen molar-refractivity contribution >= 4 is 42.3 Å². The van der Waals surface area contributed by atoms with Gasteiger partial charge in [-0.15, -0.1) is 13.2 Å². The van der Waals surface area contributed by atoms with E-state index in [1.54, 1.807) is 0 Å². The Morgan fingerprint density at radius 2 is 1.88 bits per heavy atom. The van der Waals surface area contributed by atoms with Crippen molar-refractivity contribution in [2.75, 3.05) is 0 Å². The van der Waals surface area contributed by atoms with Crippen LogP contribution in [0.5, 0.6) is 5.75 Å². The van der Waals surface area contributed by atoms with Gasteiger partial charge in [0.2, 0.25) is 0 Å². The molecule has 0 unspecified atom stereocenters. The number of hydrogen-bond donors (Lipinski definition) is 0. The molecule has 0 aliphatic carbocycles. The minimum atomic E-state index is -4.88. The number of hydrogen-bond acceptors (Lipinski definition) is 3. The third-order valence-electron chi connectivity index (χ3n) is 1.42. The number of ether oxygens (including phenoxy) is 1. The molecule has 9 heteroatoms. The van der Waals surface area contributed by atoms with Crippen LogP contribution in [0.4, 0.5) is 13.2 Å². The molecule has 90 valence electrons. The smallest absolute Gasteiger partial charge is 0.405 e. The van der Waals surface area contributed by atoms with Gasteiger partial charge in [0.15, 0.2) is 0 Å². The molecule has 0 saturated heterocycles. The fraction of sp³-hybridized carbons (Fsp3) is 0.143. The van der Waals surface area contributed by atoms with Crippen LogP contribution in [-0.4, -0.2) is 14.8 Å². The highest BCUT2D eigenvalue weighted by Gasteiger charge is 2.33. The van der Waals surface area contributed by atoms with Crippen LogP contribution in [0, 0.1) is 3.57 Å². The van der Waals surface area contributed by atoms with Crippen LogP contribution in [0.15, 0.2) is 23.1 Å². The van der Waals surface area contributed by atoms with Gasteiger partial charge >= 0.3 is 6.36 Å². The Labute approximate surface area is 107 Å². The van der Waals surface area contributed by atoms with Crippen molar-refractivity contribution in [2.24, 2.45) is 0 Å². The van der Waals surface area contributed by atoms with E-state index in [4.69, 9.17) is 10.7 Å². The molecule has 0 aliphatic heterocycles. The van der Waals surface area contributed by atoms with Crippen molar-refractivity contribution in [3.63, 3.8) is 0 Å². The summed E-state index contributed by atoms with van der Waals surface area (Å²) in [6.07, 6.45) is -4.88. The first-order valence-electron chi connectivity index (χ1n) is 3.60. The van der Waals surface area contributed by atoms with Crippen LogP contribution < -0.4 is 4.74 Å². The lowest BCUT2D eigenvalue weighted by molar-refractivity contribution is -0.275. The molecule has 1 aromatic carbocycles. The molecule has 0 N–H and O–H groups in total. The van der Waals surface area contributed by atoms with Crippen LogP contribution in [0.2, 0.25) is 0 Å². The first kappa shape index (κ1) is 13.8. The molecule has 0 atom stereocenters. The zero-order valence-corrected chi connectivity index (χ0v) is 11.0. The summed E-state index contributed by atoms with van der Waals surface area (Å²) in [7, 11) is 0.943. The quantitative estimate of drug-likeness (QED) is 0.579. The van der Waals surface area contributed by atoms with Crippen LogP contribution in [0.3, 0.4) is 0 Å². The van der Waals surface area contributed by atoms with Gasteiger partial charge in [-0.05, 0) is 34.7 Å². The van der Waals surface area contributed by atoms with E-state index < -0.39 is 26.1 Å². The van der Waals surface area contributed by atoms with E-state index in [2.05, 4.69) is 4.74 Å². The third-order valence-corrected chi connectivity index (χ3v) is 4.26. The van der Waals surface area contributed by atoms with E-state index in [0.29, 0.717) is 0 Å². The summed E-state index contributed by atoms with van der Waals surface area (Å²) < 4.78 is 61.2. The van der Waals surface area contributed by atoms with Crippen molar-refractivity contribution in [1.29, 1.82) is 0 Å². The van der Waals surface area contributed by atoms with E-state index in [-0.39, 0.29) is 3.57 Å². The Hall–Kier alpha value is -0.220. The molecule has 0 fully saturated rings. The first-order chi connectivity index (χ1) is 7.11. The number of rotatable bonds is 2. The second-order valence-electron chi connectivity index (χ2n) is 2.55. The van der Waals surface area contributed by atoms with E-state index in [0.717, 1.165) is 18.2 Å². The van der Waals surface area contributed by atoms with Gasteiger partial charge in [0.05, 0.1) is 8.47 Å². The predicted octanol–water partition coefficient (Wildman–Crippen LogP) is 3.12. The van der Waals surface area contributed by atoms with Crippen LogP contribution >= 0.6 is 33.3 Å². The Morgan fingerprint density at radius 1 is 1.31 bits per heavy atom. The summed E-state index contributed by atoms with van der Waals surface area (Å²) in [6, 6.07) is 3.20. The van der Waals surface area contributed by atoms with Crippen LogP contribution in [0.25, 0.3) is 0 Å². The van der Waals surface area contributed by atoms with Gasteiger partial charge in [-0.2, -0.15) is 0 Å². The van der Waals surface area contributed by atoms with Crippen molar-refractivity contribution in [3.8, 4) is 5.75 Å². The average Bonchev–Trinajstić information content (AvgIpc) is 2.04. The van der Waals surface area contributed by atoms with Crippen molar-refractivity contribution in [2.45, 2.75) is 11.3 Å². The van der Waals surface area contributed by atoms with Gasteiger partial charge in [-0.1, -0.05) is 6.07 Å². The molecule has 0 amide bonds. The maximum atomic E-state index is 11.9. The van der Waals surface area contributed by atoms with E-state index >= 15 is 0 Å². The number of halogens is 5. The lowest BCUT2D eigenvalue weighted by Gasteiger charge is -2.11. The lowest BCUT2D eigenvalue weighted by Crippen LogP contribution is -2.18. The average molecular weight is 387 g/mol. The molecule has 0 bridgehead atoms. The van der Waals surface area contributed by atoms with E-state index in [1.807, 2.05) is 0 Å². The van der Waals surface area contributed by atoms with Gasteiger partial charge in [0, 0.05) is 10.7 Å². The number of alkyl halides is 3. The van der Waals surface area contributed by atoms with Crippen molar-refractivity contribution < 1.29 is 26.3 Å². The molecule has 1 aromatic rings. The molecule has 0 heterocycles. The van der Waals surface area contributed by atoms with Crippen LogP contribution in [-0.2, 0) is 9.05 Å². The van der Waals surface area contributed by atoms with Gasteiger partial charge in [-0.3, -0.25) is 0 Å². The first-order valence-corrected chi connectivity index (χ1v) is 6.99. The molecule has 0 spiro atoms. The fourth-order valence-corrected chi connectivity index (χ4v) is 3.55. The minimum absolute atomic E-state index is 0.215. The standard InChI is InChI=1S/C7H3ClF3IO3S/c8-16(13,14)5-3-1-2-4(6(5)12)15-7(9,10)11/h1-3H. The lowest BCUT2D eigenvalue weighted by atomic mass is 10.3. The highest BCUT2D eigenvalue weighted by Crippen LogP contribution is 2.32. The summed E-state index contributed by atoms with van der Waals surface area (Å²) in [5.74, 6) is -0.602. The monoisotopic (exact) mass is 386 g/mol. The number of benzene rings is 1. The van der Waals surface area contributed by atoms with Crippen molar-refractivity contribution in [1.82, 2.24) is 0 Å². The molecular formula is C7H3ClF3IO3S. The largest absolute Gasteiger partial charge is 0.573 e. The highest BCUT2D eigenvalue weighted by molar-refractivity contribution is 14.1. The van der Waals surface area contributed by atoms with E-state index in [1.165, 1.54) is 22.6 Å². The molecule has 1 rings (SSSR count). The predicted molar refractivity (Wildman–Crippen MR) is 58.9 cm³/mol. The summed E-state index contributed by atoms with van der Waals surface area (Å²) in [6.45, 7) is 0. The molecule has 0 saturated carbocycles. The fourth-order valence-electron chi connectivity index (χ4n) is 0.882. The molecule has 3 nitrogen and oxygen atoms in total. The summed E-state index contributed by atoms with van der Waals surface area (Å²) in [4.78, 5) is -0.420. The van der Waals surface area contributed by atoms with Gasteiger partial charge in [-0.25, -0.2) is 8.42 Å². The second kappa shape index (κ2) is 4.57. The summed E-state index contributed by atoms with van der Waals surface area (Å²) >= 11 is 1.42. The van der Waals surface area contributed by atoms with Crippen LogP contribution in [0.1, 0.15) is 0 Å². The second-order valence-corrected chi connectivity index (χ2v) is 6.17. The Balaban J connectivity index is 3.25. The molecule has 0 aliphatic rings. The zero-order chi connectivity index (χ0) is 12.6. The van der Waals surface area contributed by atoms with Crippen molar-refractivity contribution in [3.05, 3.63) is 21.8 Å². The maximum Gasteiger partial charge on any atom is 0.573 e. The SMILES string of the molecule is O=S(=O)(Cl)c1cccc(OC(F)(F)F)c1I. The normalized spacial score (nSPS) is 12.6. The topological polar surface area (TPSA) is 43.4 Å². The van der Waals surface area contributed by atoms with E-state index in [9.17, 15) is 21.6 Å². The van der Waals surface area contributed by atoms with Gasteiger partial charge in [0.1, 0.15) is 5.75 Å². The van der Waals surface area contributed by atoms with Gasteiger partial charge in [0.25, 0.3) is 9.05 Å². The highest BCUT2D eigenvalue weighted by atomic mass is 127. The maximum absolute atomic E-state index is 11.9. The minimum Gasteiger partial charge on any atom is -0.405 e. The molecular weight excluding hydrogens is 383 g/mol. The Bertz CT molecular complexity index is 500. The Morgan fingerprint density at radius 3 is 2.31 bits per heavy atom. The molecule has 16 heavy (non-hydrogen) atoms. The molecule has 0 radical (unpaired) electrons. The van der Waals surface area contributed by atoms with Gasteiger partial charge < -0.3 is 4.74 Å². The molecule has 0 aromatic heterocycles. The third kappa shape index (κ3) is 3.67.